The summed E-state index contributed by atoms with van der Waals surface area (Å²) in [5.74, 6) is 1.66. The Hall–Kier alpha value is -1.56. The van der Waals surface area contributed by atoms with E-state index in [0.717, 1.165) is 48.9 Å². The van der Waals surface area contributed by atoms with E-state index in [1.807, 2.05) is 13.8 Å². The number of piperidine rings is 1. The summed E-state index contributed by atoms with van der Waals surface area (Å²) in [6.07, 6.45) is 4.81. The fourth-order valence-corrected chi connectivity index (χ4v) is 3.11. The quantitative estimate of drug-likeness (QED) is 0.778. The van der Waals surface area contributed by atoms with Crippen molar-refractivity contribution in [2.75, 3.05) is 33.2 Å². The molecule has 1 N–H and O–H groups in total. The van der Waals surface area contributed by atoms with Crippen LogP contribution in [0.25, 0.3) is 0 Å². The van der Waals surface area contributed by atoms with Crippen molar-refractivity contribution in [3.8, 4) is 0 Å². The molecule has 0 aliphatic carbocycles. The zero-order valence-corrected chi connectivity index (χ0v) is 15.6. The van der Waals surface area contributed by atoms with Gasteiger partial charge in [0.1, 0.15) is 5.76 Å². The third-order valence-corrected chi connectivity index (χ3v) is 4.98. The minimum absolute atomic E-state index is 0.0400. The van der Waals surface area contributed by atoms with Crippen LogP contribution >= 0.6 is 0 Å². The summed E-state index contributed by atoms with van der Waals surface area (Å²) in [6, 6.07) is -0.0400. The number of urea groups is 1. The van der Waals surface area contributed by atoms with Gasteiger partial charge in [-0.25, -0.2) is 4.79 Å². The van der Waals surface area contributed by atoms with Crippen LogP contribution in [0.5, 0.6) is 0 Å². The van der Waals surface area contributed by atoms with Crippen LogP contribution in [0.1, 0.15) is 49.6 Å². The first-order chi connectivity index (χ1) is 11.5. The number of aromatic nitrogens is 1. The van der Waals surface area contributed by atoms with Gasteiger partial charge >= 0.3 is 6.03 Å². The molecule has 0 bridgehead atoms. The van der Waals surface area contributed by atoms with Crippen LogP contribution in [0.4, 0.5) is 4.79 Å². The van der Waals surface area contributed by atoms with Crippen molar-refractivity contribution in [1.29, 1.82) is 0 Å². The fourth-order valence-electron chi connectivity index (χ4n) is 3.11. The topological polar surface area (TPSA) is 61.6 Å². The van der Waals surface area contributed by atoms with Crippen LogP contribution in [-0.2, 0) is 6.54 Å². The summed E-state index contributed by atoms with van der Waals surface area (Å²) in [6.45, 7) is 11.0. The van der Waals surface area contributed by atoms with E-state index >= 15 is 0 Å². The minimum atomic E-state index is -0.0400. The summed E-state index contributed by atoms with van der Waals surface area (Å²) in [7, 11) is 1.80. The molecule has 2 amide bonds. The highest BCUT2D eigenvalue weighted by Gasteiger charge is 2.16. The highest BCUT2D eigenvalue weighted by atomic mass is 16.5. The van der Waals surface area contributed by atoms with Gasteiger partial charge in [0.25, 0.3) is 0 Å². The Morgan fingerprint density at radius 2 is 2.04 bits per heavy atom. The zero-order valence-electron chi connectivity index (χ0n) is 15.6. The lowest BCUT2D eigenvalue weighted by atomic mass is 9.99. The number of rotatable bonds is 7. The molecule has 1 aromatic heterocycles. The van der Waals surface area contributed by atoms with Crippen molar-refractivity contribution in [3.63, 3.8) is 0 Å². The molecule has 1 aromatic rings. The lowest BCUT2D eigenvalue weighted by Gasteiger charge is -2.30. The maximum atomic E-state index is 12.1. The Kier molecular flexibility index (Phi) is 7.09. The zero-order chi connectivity index (χ0) is 17.5. The van der Waals surface area contributed by atoms with Crippen LogP contribution in [0, 0.1) is 19.8 Å². The van der Waals surface area contributed by atoms with Gasteiger partial charge in [-0.2, -0.15) is 0 Å². The SMILES string of the molecule is Cc1noc(C)c1CN(C)C(=O)NCCCCN1CCC(C)CC1. The second-order valence-corrected chi connectivity index (χ2v) is 7.12. The molecule has 24 heavy (non-hydrogen) atoms. The van der Waals surface area contributed by atoms with Gasteiger partial charge in [0.2, 0.25) is 0 Å². The summed E-state index contributed by atoms with van der Waals surface area (Å²) in [5, 5.41) is 6.92. The van der Waals surface area contributed by atoms with Crippen LogP contribution < -0.4 is 5.32 Å². The average Bonchev–Trinajstić information content (AvgIpc) is 2.88. The third-order valence-electron chi connectivity index (χ3n) is 4.98. The van der Waals surface area contributed by atoms with Gasteiger partial charge in [0.15, 0.2) is 0 Å². The fraction of sp³-hybridized carbons (Fsp3) is 0.778. The summed E-state index contributed by atoms with van der Waals surface area (Å²) in [4.78, 5) is 16.4. The number of amides is 2. The highest BCUT2D eigenvalue weighted by molar-refractivity contribution is 5.73. The Morgan fingerprint density at radius 1 is 1.33 bits per heavy atom. The minimum Gasteiger partial charge on any atom is -0.361 e. The molecule has 1 aliphatic heterocycles. The average molecular weight is 336 g/mol. The van der Waals surface area contributed by atoms with E-state index in [2.05, 4.69) is 22.3 Å². The Bertz CT molecular complexity index is 502. The van der Waals surface area contributed by atoms with Gasteiger partial charge in [0, 0.05) is 19.2 Å². The van der Waals surface area contributed by atoms with Crippen LogP contribution in [0.15, 0.2) is 4.52 Å². The monoisotopic (exact) mass is 336 g/mol. The smallest absolute Gasteiger partial charge is 0.317 e. The standard InChI is InChI=1S/C18H32N4O2/c1-14-7-11-22(12-8-14)10-6-5-9-19-18(23)21(4)13-17-15(2)20-24-16(17)3/h14H,5-13H2,1-4H3,(H,19,23). The Balaban J connectivity index is 1.59. The molecule has 0 unspecified atom stereocenters. The first kappa shape index (κ1) is 18.8. The van der Waals surface area contributed by atoms with E-state index in [0.29, 0.717) is 6.54 Å². The maximum absolute atomic E-state index is 12.1. The predicted octanol–water partition coefficient (Wildman–Crippen LogP) is 2.94. The van der Waals surface area contributed by atoms with E-state index in [9.17, 15) is 4.79 Å². The predicted molar refractivity (Wildman–Crippen MR) is 94.9 cm³/mol. The summed E-state index contributed by atoms with van der Waals surface area (Å²) >= 11 is 0. The van der Waals surface area contributed by atoms with Crippen LogP contribution in [-0.4, -0.2) is 54.2 Å². The van der Waals surface area contributed by atoms with Crippen molar-refractivity contribution >= 4 is 6.03 Å². The van der Waals surface area contributed by atoms with Crippen molar-refractivity contribution in [1.82, 2.24) is 20.3 Å². The second-order valence-electron chi connectivity index (χ2n) is 7.12. The van der Waals surface area contributed by atoms with Gasteiger partial charge in [-0.15, -0.1) is 0 Å². The van der Waals surface area contributed by atoms with E-state index in [1.54, 1.807) is 11.9 Å². The molecular formula is C18H32N4O2. The van der Waals surface area contributed by atoms with Gasteiger partial charge in [-0.3, -0.25) is 0 Å². The Labute approximate surface area is 145 Å². The molecule has 6 heteroatoms. The second kappa shape index (κ2) is 9.06. The number of unbranched alkanes of at least 4 members (excludes halogenated alkanes) is 1. The molecule has 6 nitrogen and oxygen atoms in total. The molecular weight excluding hydrogens is 304 g/mol. The Morgan fingerprint density at radius 3 is 2.67 bits per heavy atom. The van der Waals surface area contributed by atoms with Gasteiger partial charge in [-0.05, 0) is 65.1 Å². The normalized spacial score (nSPS) is 16.3. The van der Waals surface area contributed by atoms with E-state index in [4.69, 9.17) is 4.52 Å². The lowest BCUT2D eigenvalue weighted by molar-refractivity contribution is 0.188. The van der Waals surface area contributed by atoms with Crippen LogP contribution in [0.3, 0.4) is 0 Å². The van der Waals surface area contributed by atoms with E-state index < -0.39 is 0 Å². The molecule has 0 atom stereocenters. The molecule has 0 radical (unpaired) electrons. The van der Waals surface area contributed by atoms with Crippen molar-refractivity contribution in [2.45, 2.75) is 53.0 Å². The number of carbonyl (C=O) groups is 1. The van der Waals surface area contributed by atoms with Crippen molar-refractivity contribution in [3.05, 3.63) is 17.0 Å². The first-order valence-corrected chi connectivity index (χ1v) is 9.10. The van der Waals surface area contributed by atoms with Gasteiger partial charge < -0.3 is 19.6 Å². The molecule has 2 rings (SSSR count). The van der Waals surface area contributed by atoms with Gasteiger partial charge in [-0.1, -0.05) is 12.1 Å². The molecule has 1 fully saturated rings. The highest BCUT2D eigenvalue weighted by Crippen LogP contribution is 2.16. The number of nitrogens with zero attached hydrogens (tertiary/aromatic N) is 3. The first-order valence-electron chi connectivity index (χ1n) is 9.10. The number of carbonyl (C=O) groups excluding carboxylic acids is 1. The number of hydrogen-bond acceptors (Lipinski definition) is 4. The van der Waals surface area contributed by atoms with Crippen molar-refractivity contribution < 1.29 is 9.32 Å². The van der Waals surface area contributed by atoms with E-state index in [-0.39, 0.29) is 6.03 Å². The van der Waals surface area contributed by atoms with Crippen LogP contribution in [0.2, 0.25) is 0 Å². The van der Waals surface area contributed by atoms with Gasteiger partial charge in [0.05, 0.1) is 12.2 Å². The molecule has 1 saturated heterocycles. The molecule has 1 aliphatic rings. The summed E-state index contributed by atoms with van der Waals surface area (Å²) in [5.41, 5.74) is 1.84. The van der Waals surface area contributed by atoms with E-state index in [1.165, 1.54) is 25.9 Å². The molecule has 2 heterocycles. The largest absolute Gasteiger partial charge is 0.361 e. The van der Waals surface area contributed by atoms with Crippen molar-refractivity contribution in [2.24, 2.45) is 5.92 Å². The molecule has 0 saturated carbocycles. The lowest BCUT2D eigenvalue weighted by Crippen LogP contribution is -2.38. The number of nitrogens with one attached hydrogen (secondary N) is 1. The maximum Gasteiger partial charge on any atom is 0.317 e. The third kappa shape index (κ3) is 5.51. The number of aryl methyl sites for hydroxylation is 2. The molecule has 0 aromatic carbocycles. The number of likely N-dealkylation sites (tertiary alicyclic amines) is 1. The summed E-state index contributed by atoms with van der Waals surface area (Å²) < 4.78 is 5.14. The molecule has 0 spiro atoms. The number of hydrogen-bond donors (Lipinski definition) is 1. The molecule has 136 valence electrons.